The quantitative estimate of drug-likeness (QED) is 0.469. The number of hydrogen-bond acceptors (Lipinski definition) is 2. The molecule has 5 heteroatoms. The van der Waals surface area contributed by atoms with Gasteiger partial charge in [-0.25, -0.2) is 9.37 Å². The molecule has 2 heterocycles. The monoisotopic (exact) mass is 285 g/mol. The van der Waals surface area contributed by atoms with Crippen LogP contribution in [0.2, 0.25) is 5.28 Å². The molecule has 0 N–H and O–H groups in total. The number of aromatic nitrogens is 3. The molecule has 3 nitrogen and oxygen atoms in total. The maximum absolute atomic E-state index is 12.8. The summed E-state index contributed by atoms with van der Waals surface area (Å²) in [6.45, 7) is 0. The minimum atomic E-state index is -0.286. The Morgan fingerprint density at radius 1 is 1.10 bits per heavy atom. The van der Waals surface area contributed by atoms with Gasteiger partial charge < -0.3 is 4.57 Å². The van der Waals surface area contributed by atoms with Crippen molar-refractivity contribution in [2.24, 2.45) is 7.05 Å². The molecule has 0 amide bonds. The molecule has 0 atom stereocenters. The van der Waals surface area contributed by atoms with E-state index in [0.717, 1.165) is 11.0 Å². The highest BCUT2D eigenvalue weighted by Gasteiger charge is 2.07. The maximum atomic E-state index is 12.8. The summed E-state index contributed by atoms with van der Waals surface area (Å²) in [5, 5.41) is 0.995. The van der Waals surface area contributed by atoms with Gasteiger partial charge in [-0.1, -0.05) is 5.92 Å². The van der Waals surface area contributed by atoms with Crippen molar-refractivity contribution >= 4 is 22.6 Å². The van der Waals surface area contributed by atoms with Crippen LogP contribution in [0.25, 0.3) is 11.0 Å². The molecular formula is C15H9ClFN3. The summed E-state index contributed by atoms with van der Waals surface area (Å²) in [5.41, 5.74) is 2.00. The molecule has 0 aliphatic rings. The first kappa shape index (κ1) is 12.6. The van der Waals surface area contributed by atoms with Crippen molar-refractivity contribution < 1.29 is 4.39 Å². The van der Waals surface area contributed by atoms with Gasteiger partial charge in [-0.15, -0.1) is 0 Å². The number of aryl methyl sites for hydroxylation is 1. The number of fused-ring (bicyclic) bond motifs is 1. The second-order valence-corrected chi connectivity index (χ2v) is 4.60. The first-order valence-corrected chi connectivity index (χ1v) is 6.27. The van der Waals surface area contributed by atoms with Gasteiger partial charge in [0.15, 0.2) is 0 Å². The molecule has 0 fully saturated rings. The predicted octanol–water partition coefficient (Wildman–Crippen LogP) is 3.16. The van der Waals surface area contributed by atoms with Crippen molar-refractivity contribution in [2.45, 2.75) is 0 Å². The molecule has 0 bridgehead atoms. The first-order chi connectivity index (χ1) is 9.63. The standard InChI is InChI=1S/C15H9ClFN3/c1-20-9-8-12-13(18-15(16)19-14(12)20)7-4-10-2-5-11(17)6-3-10/h2-3,5-6,8-9H,1H3. The number of halogens is 2. The summed E-state index contributed by atoms with van der Waals surface area (Å²) in [6.07, 6.45) is 1.87. The zero-order valence-corrected chi connectivity index (χ0v) is 11.3. The minimum absolute atomic E-state index is 0.155. The van der Waals surface area contributed by atoms with E-state index in [1.165, 1.54) is 12.1 Å². The molecular weight excluding hydrogens is 277 g/mol. The molecule has 0 radical (unpaired) electrons. The van der Waals surface area contributed by atoms with Gasteiger partial charge >= 0.3 is 0 Å². The molecule has 0 unspecified atom stereocenters. The lowest BCUT2D eigenvalue weighted by molar-refractivity contribution is 0.627. The average Bonchev–Trinajstić information content (AvgIpc) is 2.80. The van der Waals surface area contributed by atoms with Crippen molar-refractivity contribution in [3.8, 4) is 11.8 Å². The van der Waals surface area contributed by atoms with Crippen molar-refractivity contribution in [1.29, 1.82) is 0 Å². The largest absolute Gasteiger partial charge is 0.335 e. The lowest BCUT2D eigenvalue weighted by atomic mass is 10.2. The summed E-state index contributed by atoms with van der Waals surface area (Å²) in [5.74, 6) is 5.61. The van der Waals surface area contributed by atoms with Crippen LogP contribution in [0.3, 0.4) is 0 Å². The minimum Gasteiger partial charge on any atom is -0.335 e. The number of benzene rings is 1. The Morgan fingerprint density at radius 3 is 2.60 bits per heavy atom. The Labute approximate surface area is 120 Å². The number of rotatable bonds is 0. The van der Waals surface area contributed by atoms with Crippen molar-refractivity contribution in [3.63, 3.8) is 0 Å². The van der Waals surface area contributed by atoms with Crippen LogP contribution < -0.4 is 0 Å². The molecule has 0 saturated carbocycles. The van der Waals surface area contributed by atoms with Crippen molar-refractivity contribution in [1.82, 2.24) is 14.5 Å². The summed E-state index contributed by atoms with van der Waals surface area (Å²) < 4.78 is 14.7. The van der Waals surface area contributed by atoms with Crippen molar-refractivity contribution in [2.75, 3.05) is 0 Å². The Hall–Kier alpha value is -2.38. The van der Waals surface area contributed by atoms with E-state index in [4.69, 9.17) is 11.6 Å². The number of nitrogens with zero attached hydrogens (tertiary/aromatic N) is 3. The summed E-state index contributed by atoms with van der Waals surface area (Å²) in [6, 6.07) is 7.87. The predicted molar refractivity (Wildman–Crippen MR) is 75.9 cm³/mol. The molecule has 98 valence electrons. The SMILES string of the molecule is Cn1ccc2c(C#Cc3ccc(F)cc3)nc(Cl)nc21. The van der Waals surface area contributed by atoms with Gasteiger partial charge in [-0.3, -0.25) is 0 Å². The zero-order valence-electron chi connectivity index (χ0n) is 10.6. The number of hydrogen-bond donors (Lipinski definition) is 0. The molecule has 1 aromatic carbocycles. The van der Waals surface area contributed by atoms with E-state index in [1.54, 1.807) is 12.1 Å². The van der Waals surface area contributed by atoms with Crippen LogP contribution in [0.15, 0.2) is 36.5 Å². The van der Waals surface area contributed by atoms with Crippen LogP contribution in [0.1, 0.15) is 11.3 Å². The van der Waals surface area contributed by atoms with Gasteiger partial charge in [0, 0.05) is 18.8 Å². The van der Waals surface area contributed by atoms with Gasteiger partial charge in [-0.05, 0) is 47.9 Å². The lowest BCUT2D eigenvalue weighted by Gasteiger charge is -1.98. The fraction of sp³-hybridized carbons (Fsp3) is 0.0667. The van der Waals surface area contributed by atoms with Gasteiger partial charge in [0.05, 0.1) is 5.39 Å². The molecule has 0 aliphatic carbocycles. The fourth-order valence-electron chi connectivity index (χ4n) is 1.87. The van der Waals surface area contributed by atoms with Crippen LogP contribution in [0.5, 0.6) is 0 Å². The van der Waals surface area contributed by atoms with Gasteiger partial charge in [0.2, 0.25) is 5.28 Å². The smallest absolute Gasteiger partial charge is 0.225 e. The molecule has 0 saturated heterocycles. The van der Waals surface area contributed by atoms with E-state index in [-0.39, 0.29) is 11.1 Å². The van der Waals surface area contributed by atoms with E-state index in [1.807, 2.05) is 23.9 Å². The molecule has 0 spiro atoms. The summed E-state index contributed by atoms with van der Waals surface area (Å²) in [4.78, 5) is 8.30. The average molecular weight is 286 g/mol. The van der Waals surface area contributed by atoms with Crippen LogP contribution >= 0.6 is 11.6 Å². The van der Waals surface area contributed by atoms with E-state index in [0.29, 0.717) is 11.3 Å². The Kier molecular flexibility index (Phi) is 3.13. The highest BCUT2D eigenvalue weighted by atomic mass is 35.5. The van der Waals surface area contributed by atoms with Gasteiger partial charge in [0.25, 0.3) is 0 Å². The van der Waals surface area contributed by atoms with Crippen LogP contribution in [0.4, 0.5) is 4.39 Å². The van der Waals surface area contributed by atoms with Crippen molar-refractivity contribution in [3.05, 3.63) is 58.9 Å². The normalized spacial score (nSPS) is 10.3. The maximum Gasteiger partial charge on any atom is 0.225 e. The third-order valence-electron chi connectivity index (χ3n) is 2.87. The second kappa shape index (κ2) is 4.95. The first-order valence-electron chi connectivity index (χ1n) is 5.89. The molecule has 0 aliphatic heterocycles. The fourth-order valence-corrected chi connectivity index (χ4v) is 2.03. The van der Waals surface area contributed by atoms with E-state index >= 15 is 0 Å². The molecule has 3 aromatic rings. The zero-order chi connectivity index (χ0) is 14.1. The Balaban J connectivity index is 2.09. The topological polar surface area (TPSA) is 30.7 Å². The van der Waals surface area contributed by atoms with Gasteiger partial charge in [0.1, 0.15) is 17.2 Å². The molecule has 2 aromatic heterocycles. The van der Waals surface area contributed by atoms with Gasteiger partial charge in [-0.2, -0.15) is 4.98 Å². The third-order valence-corrected chi connectivity index (χ3v) is 3.04. The van der Waals surface area contributed by atoms with Crippen LogP contribution in [0, 0.1) is 17.7 Å². The Morgan fingerprint density at radius 2 is 1.85 bits per heavy atom. The Bertz CT molecular complexity index is 841. The highest BCUT2D eigenvalue weighted by molar-refractivity contribution is 6.28. The molecule has 3 rings (SSSR count). The molecule has 20 heavy (non-hydrogen) atoms. The van der Waals surface area contributed by atoms with Crippen LogP contribution in [-0.2, 0) is 7.05 Å². The summed E-state index contributed by atoms with van der Waals surface area (Å²) in [7, 11) is 1.88. The van der Waals surface area contributed by atoms with E-state index < -0.39 is 0 Å². The van der Waals surface area contributed by atoms with E-state index in [2.05, 4.69) is 21.8 Å². The highest BCUT2D eigenvalue weighted by Crippen LogP contribution is 2.17. The van der Waals surface area contributed by atoms with E-state index in [9.17, 15) is 4.39 Å². The lowest BCUT2D eigenvalue weighted by Crippen LogP contribution is -1.93. The second-order valence-electron chi connectivity index (χ2n) is 4.26. The third kappa shape index (κ3) is 2.36. The summed E-state index contributed by atoms with van der Waals surface area (Å²) >= 11 is 5.90. The van der Waals surface area contributed by atoms with Crippen LogP contribution in [-0.4, -0.2) is 14.5 Å².